The molecule has 0 saturated heterocycles. The molecular weight excluding hydrogens is 172 g/mol. The van der Waals surface area contributed by atoms with Gasteiger partial charge in [0.05, 0.1) is 12.1 Å². The summed E-state index contributed by atoms with van der Waals surface area (Å²) in [4.78, 5) is 0. The monoisotopic (exact) mass is 186 g/mol. The maximum atomic E-state index is 8.95. The van der Waals surface area contributed by atoms with Crippen molar-refractivity contribution in [3.63, 3.8) is 0 Å². The predicted molar refractivity (Wildman–Crippen MR) is 55.7 cm³/mol. The van der Waals surface area contributed by atoms with Crippen molar-refractivity contribution in [3.05, 3.63) is 35.9 Å². The maximum Gasteiger partial charge on any atom is 0.0995 e. The van der Waals surface area contributed by atoms with E-state index in [1.54, 1.807) is 0 Å². The Hall–Kier alpha value is -1.33. The Balaban J connectivity index is 1.91. The molecule has 1 unspecified atom stereocenters. The highest BCUT2D eigenvalue weighted by Gasteiger charge is 2.24. The lowest BCUT2D eigenvalue weighted by Crippen LogP contribution is -2.31. The third-order valence-electron chi connectivity index (χ3n) is 2.45. The molecule has 2 rings (SSSR count). The minimum Gasteiger partial charge on any atom is -0.299 e. The van der Waals surface area contributed by atoms with Gasteiger partial charge in [0.25, 0.3) is 0 Å². The fourth-order valence-electron chi connectivity index (χ4n) is 1.53. The van der Waals surface area contributed by atoms with E-state index in [2.05, 4.69) is 23.5 Å². The smallest absolute Gasteiger partial charge is 0.0995 e. The second kappa shape index (κ2) is 4.26. The highest BCUT2D eigenvalue weighted by Crippen LogP contribution is 2.20. The van der Waals surface area contributed by atoms with E-state index in [-0.39, 0.29) is 6.04 Å². The molecule has 0 amide bonds. The first-order valence-electron chi connectivity index (χ1n) is 5.08. The van der Waals surface area contributed by atoms with Gasteiger partial charge >= 0.3 is 0 Å². The number of rotatable bonds is 4. The summed E-state index contributed by atoms with van der Waals surface area (Å²) in [5, 5.41) is 12.3. The van der Waals surface area contributed by atoms with E-state index in [4.69, 9.17) is 5.26 Å². The van der Waals surface area contributed by atoms with Crippen LogP contribution in [-0.2, 0) is 6.42 Å². The Labute approximate surface area is 84.6 Å². The molecule has 1 aliphatic rings. The highest BCUT2D eigenvalue weighted by molar-refractivity contribution is 5.18. The van der Waals surface area contributed by atoms with Crippen molar-refractivity contribution >= 4 is 0 Å². The lowest BCUT2D eigenvalue weighted by molar-refractivity contribution is 0.595. The zero-order valence-corrected chi connectivity index (χ0v) is 8.11. The topological polar surface area (TPSA) is 35.8 Å². The normalized spacial score (nSPS) is 17.4. The lowest BCUT2D eigenvalue weighted by Gasteiger charge is -2.10. The van der Waals surface area contributed by atoms with Crippen LogP contribution in [0.4, 0.5) is 0 Å². The van der Waals surface area contributed by atoms with Gasteiger partial charge in [-0.1, -0.05) is 30.3 Å². The molecule has 0 aliphatic heterocycles. The summed E-state index contributed by atoms with van der Waals surface area (Å²) in [5.41, 5.74) is 1.23. The van der Waals surface area contributed by atoms with E-state index in [1.165, 1.54) is 18.4 Å². The average Bonchev–Trinajstić information content (AvgIpc) is 3.02. The maximum absolute atomic E-state index is 8.95. The third kappa shape index (κ3) is 2.58. The van der Waals surface area contributed by atoms with E-state index < -0.39 is 0 Å². The quantitative estimate of drug-likeness (QED) is 0.779. The fourth-order valence-corrected chi connectivity index (χ4v) is 1.53. The average molecular weight is 186 g/mol. The first-order valence-corrected chi connectivity index (χ1v) is 5.08. The first kappa shape index (κ1) is 9.23. The molecular formula is C12H14N2. The van der Waals surface area contributed by atoms with Crippen molar-refractivity contribution in [2.24, 2.45) is 0 Å². The van der Waals surface area contributed by atoms with Crippen molar-refractivity contribution < 1.29 is 0 Å². The molecule has 0 bridgehead atoms. The number of nitrogens with one attached hydrogen (secondary N) is 1. The Bertz CT molecular complexity index is 322. The van der Waals surface area contributed by atoms with E-state index >= 15 is 0 Å². The molecule has 1 N–H and O–H groups in total. The van der Waals surface area contributed by atoms with Gasteiger partial charge in [0, 0.05) is 12.5 Å². The summed E-state index contributed by atoms with van der Waals surface area (Å²) in [5.74, 6) is 0. The van der Waals surface area contributed by atoms with Crippen molar-refractivity contribution in [2.75, 3.05) is 0 Å². The van der Waals surface area contributed by atoms with Gasteiger partial charge < -0.3 is 0 Å². The summed E-state index contributed by atoms with van der Waals surface area (Å²) in [6, 6.07) is 13.1. The Morgan fingerprint density at radius 3 is 2.64 bits per heavy atom. The summed E-state index contributed by atoms with van der Waals surface area (Å²) in [7, 11) is 0. The summed E-state index contributed by atoms with van der Waals surface area (Å²) in [6.45, 7) is 0. The van der Waals surface area contributed by atoms with Crippen LogP contribution in [0.3, 0.4) is 0 Å². The number of hydrogen-bond donors (Lipinski definition) is 1. The van der Waals surface area contributed by atoms with Gasteiger partial charge in [0.15, 0.2) is 0 Å². The molecule has 14 heavy (non-hydrogen) atoms. The molecule has 0 radical (unpaired) electrons. The molecule has 0 heterocycles. The minimum absolute atomic E-state index is 0.0232. The van der Waals surface area contributed by atoms with Gasteiger partial charge in [-0.15, -0.1) is 0 Å². The molecule has 1 aromatic carbocycles. The van der Waals surface area contributed by atoms with E-state index in [0.717, 1.165) is 6.42 Å². The molecule has 0 aromatic heterocycles. The SMILES string of the molecule is N#CC(Cc1ccccc1)NC1CC1. The summed E-state index contributed by atoms with van der Waals surface area (Å²) >= 11 is 0. The standard InChI is InChI=1S/C12H14N2/c13-9-12(14-11-6-7-11)8-10-4-2-1-3-5-10/h1-5,11-12,14H,6-8H2. The van der Waals surface area contributed by atoms with E-state index in [0.29, 0.717) is 6.04 Å². The number of nitriles is 1. The Morgan fingerprint density at radius 2 is 2.07 bits per heavy atom. The molecule has 1 fully saturated rings. The largest absolute Gasteiger partial charge is 0.299 e. The van der Waals surface area contributed by atoms with Crippen molar-refractivity contribution in [3.8, 4) is 6.07 Å². The second-order valence-corrected chi connectivity index (χ2v) is 3.81. The first-order chi connectivity index (χ1) is 6.88. The number of nitrogens with zero attached hydrogens (tertiary/aromatic N) is 1. The Kier molecular flexibility index (Phi) is 2.81. The van der Waals surface area contributed by atoms with Crippen LogP contribution >= 0.6 is 0 Å². The van der Waals surface area contributed by atoms with Crippen LogP contribution in [-0.4, -0.2) is 12.1 Å². The van der Waals surface area contributed by atoms with Crippen molar-refractivity contribution in [1.29, 1.82) is 5.26 Å². The summed E-state index contributed by atoms with van der Waals surface area (Å²) in [6.07, 6.45) is 3.27. The van der Waals surface area contributed by atoms with Crippen LogP contribution in [0.15, 0.2) is 30.3 Å². The van der Waals surface area contributed by atoms with Crippen LogP contribution in [0.1, 0.15) is 18.4 Å². The van der Waals surface area contributed by atoms with Gasteiger partial charge in [0.1, 0.15) is 0 Å². The van der Waals surface area contributed by atoms with Gasteiger partial charge in [-0.3, -0.25) is 5.32 Å². The fraction of sp³-hybridized carbons (Fsp3) is 0.417. The van der Waals surface area contributed by atoms with E-state index in [1.807, 2.05) is 18.2 Å². The van der Waals surface area contributed by atoms with Gasteiger partial charge in [-0.25, -0.2) is 0 Å². The molecule has 72 valence electrons. The second-order valence-electron chi connectivity index (χ2n) is 3.81. The van der Waals surface area contributed by atoms with Crippen LogP contribution in [0, 0.1) is 11.3 Å². The predicted octanol–water partition coefficient (Wildman–Crippen LogP) is 1.87. The number of hydrogen-bond acceptors (Lipinski definition) is 2. The molecule has 1 aliphatic carbocycles. The van der Waals surface area contributed by atoms with Gasteiger partial charge in [-0.05, 0) is 18.4 Å². The van der Waals surface area contributed by atoms with Crippen molar-refractivity contribution in [2.45, 2.75) is 31.3 Å². The highest BCUT2D eigenvalue weighted by atomic mass is 15.0. The Morgan fingerprint density at radius 1 is 1.36 bits per heavy atom. The molecule has 0 spiro atoms. The molecule has 2 nitrogen and oxygen atoms in total. The van der Waals surface area contributed by atoms with Crippen LogP contribution in [0.5, 0.6) is 0 Å². The van der Waals surface area contributed by atoms with Crippen molar-refractivity contribution in [1.82, 2.24) is 5.32 Å². The van der Waals surface area contributed by atoms with Gasteiger partial charge in [0.2, 0.25) is 0 Å². The third-order valence-corrected chi connectivity index (χ3v) is 2.45. The zero-order chi connectivity index (χ0) is 9.80. The van der Waals surface area contributed by atoms with Crippen LogP contribution < -0.4 is 5.32 Å². The lowest BCUT2D eigenvalue weighted by atomic mass is 10.1. The van der Waals surface area contributed by atoms with Crippen LogP contribution in [0.2, 0.25) is 0 Å². The molecule has 2 heteroatoms. The zero-order valence-electron chi connectivity index (χ0n) is 8.11. The molecule has 1 atom stereocenters. The van der Waals surface area contributed by atoms with Crippen LogP contribution in [0.25, 0.3) is 0 Å². The minimum atomic E-state index is -0.0232. The van der Waals surface area contributed by atoms with E-state index in [9.17, 15) is 0 Å². The molecule has 1 saturated carbocycles. The molecule has 1 aromatic rings. The number of benzene rings is 1. The summed E-state index contributed by atoms with van der Waals surface area (Å²) < 4.78 is 0. The van der Waals surface area contributed by atoms with Gasteiger partial charge in [-0.2, -0.15) is 5.26 Å².